The Kier molecular flexibility index (Phi) is 4.71. The Labute approximate surface area is 71.0 Å². The first-order valence-corrected chi connectivity index (χ1v) is 3.46. The smallest absolute Gasteiger partial charge is 0.318 e. The molecule has 0 atom stereocenters. The third-order valence-corrected chi connectivity index (χ3v) is 0.975. The van der Waals surface area contributed by atoms with Crippen LogP contribution in [0, 0.1) is 0 Å². The van der Waals surface area contributed by atoms with Crippen molar-refractivity contribution in [2.24, 2.45) is 5.73 Å². The van der Waals surface area contributed by atoms with Crippen LogP contribution in [0.2, 0.25) is 0 Å². The Hall–Kier alpha value is -1.36. The molecule has 0 aliphatic carbocycles. The van der Waals surface area contributed by atoms with Gasteiger partial charge in [-0.15, -0.1) is 0 Å². The van der Waals surface area contributed by atoms with Crippen LogP contribution in [0.15, 0.2) is 12.2 Å². The standard InChI is InChI=1S/C7H13N3O2/c1-5(2)3-9-4-6(11)10-7(8)12/h9H,1,3-4H2,2H3,(H3,8,10,11,12). The zero-order chi connectivity index (χ0) is 9.56. The van der Waals surface area contributed by atoms with Crippen molar-refractivity contribution in [2.75, 3.05) is 13.1 Å². The average molecular weight is 171 g/mol. The van der Waals surface area contributed by atoms with Gasteiger partial charge in [-0.25, -0.2) is 4.79 Å². The molecule has 0 aromatic carbocycles. The molecule has 0 unspecified atom stereocenters. The Morgan fingerprint density at radius 1 is 1.42 bits per heavy atom. The van der Waals surface area contributed by atoms with E-state index >= 15 is 0 Å². The molecule has 0 rings (SSSR count). The van der Waals surface area contributed by atoms with Crippen LogP contribution in [-0.4, -0.2) is 25.0 Å². The second-order valence-electron chi connectivity index (χ2n) is 2.47. The molecule has 0 bridgehead atoms. The number of carbonyl (C=O) groups excluding carboxylic acids is 2. The molecule has 0 saturated carbocycles. The van der Waals surface area contributed by atoms with Crippen LogP contribution in [0.25, 0.3) is 0 Å². The van der Waals surface area contributed by atoms with Crippen LogP contribution >= 0.6 is 0 Å². The third-order valence-electron chi connectivity index (χ3n) is 0.975. The third kappa shape index (κ3) is 6.76. The lowest BCUT2D eigenvalue weighted by molar-refractivity contribution is -0.119. The molecule has 4 N–H and O–H groups in total. The minimum Gasteiger partial charge on any atom is -0.351 e. The summed E-state index contributed by atoms with van der Waals surface area (Å²) in [7, 11) is 0. The molecular weight excluding hydrogens is 158 g/mol. The second-order valence-corrected chi connectivity index (χ2v) is 2.47. The number of primary amides is 1. The largest absolute Gasteiger partial charge is 0.351 e. The van der Waals surface area contributed by atoms with Crippen LogP contribution in [0.3, 0.4) is 0 Å². The van der Waals surface area contributed by atoms with E-state index in [0.29, 0.717) is 6.54 Å². The van der Waals surface area contributed by atoms with E-state index in [0.717, 1.165) is 5.57 Å². The second kappa shape index (κ2) is 5.31. The molecule has 0 heterocycles. The first-order chi connectivity index (χ1) is 5.52. The van der Waals surface area contributed by atoms with Gasteiger partial charge in [0.2, 0.25) is 5.91 Å². The van der Waals surface area contributed by atoms with E-state index in [9.17, 15) is 9.59 Å². The molecule has 0 spiro atoms. The van der Waals surface area contributed by atoms with Crippen molar-refractivity contribution in [3.63, 3.8) is 0 Å². The number of urea groups is 1. The number of hydrogen-bond acceptors (Lipinski definition) is 3. The van der Waals surface area contributed by atoms with Gasteiger partial charge in [0, 0.05) is 6.54 Å². The number of nitrogens with one attached hydrogen (secondary N) is 2. The summed E-state index contributed by atoms with van der Waals surface area (Å²) in [4.78, 5) is 20.9. The molecule has 0 fully saturated rings. The van der Waals surface area contributed by atoms with Gasteiger partial charge >= 0.3 is 6.03 Å². The van der Waals surface area contributed by atoms with Gasteiger partial charge in [-0.05, 0) is 6.92 Å². The zero-order valence-corrected chi connectivity index (χ0v) is 7.02. The highest BCUT2D eigenvalue weighted by Crippen LogP contribution is 1.79. The molecule has 0 radical (unpaired) electrons. The Bertz CT molecular complexity index is 201. The summed E-state index contributed by atoms with van der Waals surface area (Å²) < 4.78 is 0. The van der Waals surface area contributed by atoms with Crippen molar-refractivity contribution >= 4 is 11.9 Å². The van der Waals surface area contributed by atoms with E-state index in [1.807, 2.05) is 12.2 Å². The van der Waals surface area contributed by atoms with Gasteiger partial charge in [0.05, 0.1) is 6.54 Å². The molecule has 5 nitrogen and oxygen atoms in total. The lowest BCUT2D eigenvalue weighted by Crippen LogP contribution is -2.40. The number of imide groups is 1. The Balaban J connectivity index is 3.44. The average Bonchev–Trinajstić information content (AvgIpc) is 1.84. The van der Waals surface area contributed by atoms with Crippen molar-refractivity contribution in [1.82, 2.24) is 10.6 Å². The molecule has 3 amide bonds. The topological polar surface area (TPSA) is 84.2 Å². The fraction of sp³-hybridized carbons (Fsp3) is 0.429. The van der Waals surface area contributed by atoms with Gasteiger partial charge in [0.15, 0.2) is 0 Å². The fourth-order valence-electron chi connectivity index (χ4n) is 0.571. The summed E-state index contributed by atoms with van der Waals surface area (Å²) in [6.07, 6.45) is 0. The lowest BCUT2D eigenvalue weighted by Gasteiger charge is -2.02. The van der Waals surface area contributed by atoms with Gasteiger partial charge in [-0.2, -0.15) is 0 Å². The Morgan fingerprint density at radius 3 is 2.42 bits per heavy atom. The van der Waals surface area contributed by atoms with Gasteiger partial charge in [-0.3, -0.25) is 10.1 Å². The summed E-state index contributed by atoms with van der Waals surface area (Å²) in [5.41, 5.74) is 5.63. The summed E-state index contributed by atoms with van der Waals surface area (Å²) in [5, 5.41) is 4.69. The van der Waals surface area contributed by atoms with E-state index in [-0.39, 0.29) is 6.54 Å². The number of carbonyl (C=O) groups is 2. The molecule has 0 aliphatic rings. The lowest BCUT2D eigenvalue weighted by atomic mass is 10.3. The first kappa shape index (κ1) is 10.6. The van der Waals surface area contributed by atoms with Crippen molar-refractivity contribution < 1.29 is 9.59 Å². The SMILES string of the molecule is C=C(C)CNCC(=O)NC(N)=O. The summed E-state index contributed by atoms with van der Waals surface area (Å²) in [5.74, 6) is -0.441. The molecule has 0 aromatic heterocycles. The summed E-state index contributed by atoms with van der Waals surface area (Å²) in [6.45, 7) is 6.07. The van der Waals surface area contributed by atoms with Gasteiger partial charge in [-0.1, -0.05) is 12.2 Å². The molecule has 12 heavy (non-hydrogen) atoms. The van der Waals surface area contributed by atoms with E-state index in [2.05, 4.69) is 11.9 Å². The number of rotatable bonds is 4. The maximum Gasteiger partial charge on any atom is 0.318 e. The number of amides is 3. The number of nitrogens with two attached hydrogens (primary N) is 1. The normalized spacial score (nSPS) is 9.08. The van der Waals surface area contributed by atoms with Crippen LogP contribution < -0.4 is 16.4 Å². The maximum atomic E-state index is 10.7. The first-order valence-electron chi connectivity index (χ1n) is 3.46. The Morgan fingerprint density at radius 2 is 2.00 bits per heavy atom. The van der Waals surface area contributed by atoms with Crippen molar-refractivity contribution in [3.05, 3.63) is 12.2 Å². The molecular formula is C7H13N3O2. The maximum absolute atomic E-state index is 10.7. The quantitative estimate of drug-likeness (QED) is 0.491. The number of hydrogen-bond donors (Lipinski definition) is 3. The highest BCUT2D eigenvalue weighted by molar-refractivity contribution is 5.94. The van der Waals surface area contributed by atoms with Crippen molar-refractivity contribution in [3.8, 4) is 0 Å². The highest BCUT2D eigenvalue weighted by atomic mass is 16.2. The summed E-state index contributed by atoms with van der Waals surface area (Å²) in [6, 6.07) is -0.836. The minimum absolute atomic E-state index is 0.0653. The molecule has 5 heteroatoms. The van der Waals surface area contributed by atoms with E-state index in [1.165, 1.54) is 0 Å². The van der Waals surface area contributed by atoms with Crippen molar-refractivity contribution in [2.45, 2.75) is 6.92 Å². The van der Waals surface area contributed by atoms with E-state index in [1.54, 1.807) is 0 Å². The van der Waals surface area contributed by atoms with Crippen LogP contribution in [-0.2, 0) is 4.79 Å². The van der Waals surface area contributed by atoms with Crippen molar-refractivity contribution in [1.29, 1.82) is 0 Å². The molecule has 0 aromatic rings. The van der Waals surface area contributed by atoms with E-state index < -0.39 is 11.9 Å². The van der Waals surface area contributed by atoms with Gasteiger partial charge in [0.1, 0.15) is 0 Å². The zero-order valence-electron chi connectivity index (χ0n) is 7.02. The van der Waals surface area contributed by atoms with Gasteiger partial charge in [0.25, 0.3) is 0 Å². The van der Waals surface area contributed by atoms with Gasteiger partial charge < -0.3 is 11.1 Å². The molecule has 0 aliphatic heterocycles. The fourth-order valence-corrected chi connectivity index (χ4v) is 0.571. The highest BCUT2D eigenvalue weighted by Gasteiger charge is 2.01. The molecule has 68 valence electrons. The van der Waals surface area contributed by atoms with Crippen LogP contribution in [0.5, 0.6) is 0 Å². The van der Waals surface area contributed by atoms with E-state index in [4.69, 9.17) is 5.73 Å². The monoisotopic (exact) mass is 171 g/mol. The summed E-state index contributed by atoms with van der Waals surface area (Å²) >= 11 is 0. The predicted molar refractivity (Wildman–Crippen MR) is 45.4 cm³/mol. The minimum atomic E-state index is -0.836. The van der Waals surface area contributed by atoms with Crippen LogP contribution in [0.4, 0.5) is 4.79 Å². The van der Waals surface area contributed by atoms with Crippen LogP contribution in [0.1, 0.15) is 6.92 Å². The predicted octanol–water partition coefficient (Wildman–Crippen LogP) is -0.653. The molecule has 0 saturated heterocycles.